The molecule has 0 saturated carbocycles. The van der Waals surface area contributed by atoms with Crippen LogP contribution in [0.1, 0.15) is 12.5 Å². The van der Waals surface area contributed by atoms with Crippen molar-refractivity contribution in [2.75, 3.05) is 18.2 Å². The first kappa shape index (κ1) is 17.0. The molecule has 0 unspecified atom stereocenters. The van der Waals surface area contributed by atoms with E-state index in [1.165, 1.54) is 11.8 Å². The van der Waals surface area contributed by atoms with Crippen LogP contribution in [0.5, 0.6) is 0 Å². The lowest BCUT2D eigenvalue weighted by Gasteiger charge is -2.11. The van der Waals surface area contributed by atoms with E-state index in [9.17, 15) is 4.79 Å². The number of rotatable bonds is 6. The molecule has 2 rings (SSSR count). The summed E-state index contributed by atoms with van der Waals surface area (Å²) in [6.45, 7) is 2.15. The van der Waals surface area contributed by atoms with Crippen LogP contribution in [0.2, 0.25) is 0 Å². The van der Waals surface area contributed by atoms with E-state index < -0.39 is 0 Å². The molecule has 0 atom stereocenters. The smallest absolute Gasteiger partial charge is 0.310 e. The van der Waals surface area contributed by atoms with Gasteiger partial charge in [0, 0.05) is 21.0 Å². The standard InChI is InChI=1S/C15H16IN3O2S/c1-3-21-13(20)8-10-9-17-15(22-2)19-14(10)18-12-6-4-11(16)5-7-12/h4-7,9H,3,8H2,1-2H3,(H,17,18,19). The fourth-order valence-electron chi connectivity index (χ4n) is 1.76. The Labute approximate surface area is 147 Å². The highest BCUT2D eigenvalue weighted by molar-refractivity contribution is 14.1. The zero-order chi connectivity index (χ0) is 15.9. The maximum absolute atomic E-state index is 11.7. The topological polar surface area (TPSA) is 64.1 Å². The van der Waals surface area contributed by atoms with Gasteiger partial charge in [-0.15, -0.1) is 0 Å². The average Bonchev–Trinajstić information content (AvgIpc) is 2.51. The first-order valence-electron chi connectivity index (χ1n) is 6.70. The van der Waals surface area contributed by atoms with Crippen molar-refractivity contribution in [3.05, 3.63) is 39.6 Å². The van der Waals surface area contributed by atoms with E-state index in [-0.39, 0.29) is 12.4 Å². The highest BCUT2D eigenvalue weighted by Crippen LogP contribution is 2.22. The Morgan fingerprint density at radius 2 is 2.09 bits per heavy atom. The minimum Gasteiger partial charge on any atom is -0.466 e. The molecule has 0 amide bonds. The van der Waals surface area contributed by atoms with Crippen molar-refractivity contribution in [3.8, 4) is 0 Å². The third-order valence-electron chi connectivity index (χ3n) is 2.77. The molecule has 5 nitrogen and oxygen atoms in total. The minimum absolute atomic E-state index is 0.148. The van der Waals surface area contributed by atoms with Gasteiger partial charge in [0.1, 0.15) is 5.82 Å². The number of esters is 1. The fraction of sp³-hybridized carbons (Fsp3) is 0.267. The predicted molar refractivity (Wildman–Crippen MR) is 96.6 cm³/mol. The first-order chi connectivity index (χ1) is 10.6. The Kier molecular flexibility index (Phi) is 6.44. The van der Waals surface area contributed by atoms with Crippen LogP contribution in [0.25, 0.3) is 0 Å². The number of hydrogen-bond donors (Lipinski definition) is 1. The van der Waals surface area contributed by atoms with Crippen molar-refractivity contribution in [2.24, 2.45) is 0 Å². The molecule has 0 spiro atoms. The Balaban J connectivity index is 2.25. The molecule has 0 aliphatic rings. The Morgan fingerprint density at radius 1 is 1.36 bits per heavy atom. The first-order valence-corrected chi connectivity index (χ1v) is 9.01. The molecular weight excluding hydrogens is 413 g/mol. The lowest BCUT2D eigenvalue weighted by molar-refractivity contribution is -0.142. The molecule has 1 N–H and O–H groups in total. The summed E-state index contributed by atoms with van der Waals surface area (Å²) in [7, 11) is 0. The van der Waals surface area contributed by atoms with Crippen LogP contribution in [-0.2, 0) is 16.0 Å². The van der Waals surface area contributed by atoms with Gasteiger partial charge >= 0.3 is 5.97 Å². The van der Waals surface area contributed by atoms with Crippen LogP contribution in [0, 0.1) is 3.57 Å². The lowest BCUT2D eigenvalue weighted by atomic mass is 10.2. The SMILES string of the molecule is CCOC(=O)Cc1cnc(SC)nc1Nc1ccc(I)cc1. The van der Waals surface area contributed by atoms with E-state index in [1.54, 1.807) is 13.1 Å². The van der Waals surface area contributed by atoms with Crippen molar-refractivity contribution >= 4 is 51.8 Å². The van der Waals surface area contributed by atoms with E-state index in [4.69, 9.17) is 4.74 Å². The van der Waals surface area contributed by atoms with E-state index >= 15 is 0 Å². The molecule has 22 heavy (non-hydrogen) atoms. The zero-order valence-electron chi connectivity index (χ0n) is 12.3. The number of nitrogens with one attached hydrogen (secondary N) is 1. The molecule has 0 fully saturated rings. The Hall–Kier alpha value is -1.35. The number of carbonyl (C=O) groups is 1. The van der Waals surface area contributed by atoms with Gasteiger partial charge in [0.05, 0.1) is 13.0 Å². The van der Waals surface area contributed by atoms with Gasteiger partial charge in [0.2, 0.25) is 0 Å². The Morgan fingerprint density at radius 3 is 2.73 bits per heavy atom. The number of thioether (sulfide) groups is 1. The van der Waals surface area contributed by atoms with E-state index in [2.05, 4.69) is 37.9 Å². The number of ether oxygens (including phenoxy) is 1. The minimum atomic E-state index is -0.284. The second kappa shape index (κ2) is 8.33. The number of halogens is 1. The zero-order valence-corrected chi connectivity index (χ0v) is 15.3. The fourth-order valence-corrected chi connectivity index (χ4v) is 2.46. The Bertz CT molecular complexity index is 650. The molecule has 1 heterocycles. The van der Waals surface area contributed by atoms with Crippen LogP contribution in [0.3, 0.4) is 0 Å². The third-order valence-corrected chi connectivity index (χ3v) is 4.05. The maximum atomic E-state index is 11.7. The van der Waals surface area contributed by atoms with Crippen LogP contribution in [0.15, 0.2) is 35.6 Å². The number of benzene rings is 1. The van der Waals surface area contributed by atoms with Crippen molar-refractivity contribution in [2.45, 2.75) is 18.5 Å². The highest BCUT2D eigenvalue weighted by Gasteiger charge is 2.12. The maximum Gasteiger partial charge on any atom is 0.310 e. The molecule has 1 aromatic carbocycles. The second-order valence-electron chi connectivity index (χ2n) is 4.34. The molecular formula is C15H16IN3O2S. The van der Waals surface area contributed by atoms with Crippen molar-refractivity contribution < 1.29 is 9.53 Å². The molecule has 0 saturated heterocycles. The largest absolute Gasteiger partial charge is 0.466 e. The van der Waals surface area contributed by atoms with Crippen molar-refractivity contribution in [1.82, 2.24) is 9.97 Å². The van der Waals surface area contributed by atoms with Gasteiger partial charge in [0.25, 0.3) is 0 Å². The van der Waals surface area contributed by atoms with Gasteiger partial charge in [0.15, 0.2) is 5.16 Å². The van der Waals surface area contributed by atoms with Crippen LogP contribution < -0.4 is 5.32 Å². The molecule has 0 bridgehead atoms. The molecule has 1 aromatic heterocycles. The molecule has 0 aliphatic carbocycles. The van der Waals surface area contributed by atoms with E-state index in [0.29, 0.717) is 17.6 Å². The van der Waals surface area contributed by atoms with Gasteiger partial charge in [-0.25, -0.2) is 9.97 Å². The summed E-state index contributed by atoms with van der Waals surface area (Å²) in [4.78, 5) is 20.4. The second-order valence-corrected chi connectivity index (χ2v) is 6.36. The van der Waals surface area contributed by atoms with Gasteiger partial charge < -0.3 is 10.1 Å². The highest BCUT2D eigenvalue weighted by atomic mass is 127. The molecule has 0 radical (unpaired) electrons. The van der Waals surface area contributed by atoms with Crippen molar-refractivity contribution in [1.29, 1.82) is 0 Å². The number of aromatic nitrogens is 2. The summed E-state index contributed by atoms with van der Waals surface area (Å²) in [5, 5.41) is 3.90. The third kappa shape index (κ3) is 4.84. The van der Waals surface area contributed by atoms with Crippen LogP contribution in [0.4, 0.5) is 11.5 Å². The lowest BCUT2D eigenvalue weighted by Crippen LogP contribution is -2.11. The molecule has 2 aromatic rings. The summed E-state index contributed by atoms with van der Waals surface area (Å²) in [6.07, 6.45) is 3.73. The summed E-state index contributed by atoms with van der Waals surface area (Å²) in [6, 6.07) is 7.95. The summed E-state index contributed by atoms with van der Waals surface area (Å²) in [5.74, 6) is 0.349. The van der Waals surface area contributed by atoms with Gasteiger partial charge in [-0.05, 0) is 60.0 Å². The van der Waals surface area contributed by atoms with Gasteiger partial charge in [-0.1, -0.05) is 11.8 Å². The summed E-state index contributed by atoms with van der Waals surface area (Å²) >= 11 is 3.71. The van der Waals surface area contributed by atoms with Gasteiger partial charge in [-0.3, -0.25) is 4.79 Å². The summed E-state index contributed by atoms with van der Waals surface area (Å²) in [5.41, 5.74) is 1.63. The van der Waals surface area contributed by atoms with Crippen LogP contribution in [-0.4, -0.2) is 28.8 Å². The number of carbonyl (C=O) groups excluding carboxylic acids is 1. The van der Waals surface area contributed by atoms with Crippen molar-refractivity contribution in [3.63, 3.8) is 0 Å². The van der Waals surface area contributed by atoms with E-state index in [1.807, 2.05) is 30.5 Å². The van der Waals surface area contributed by atoms with E-state index in [0.717, 1.165) is 14.8 Å². The average molecular weight is 429 g/mol. The quantitative estimate of drug-likeness (QED) is 0.327. The summed E-state index contributed by atoms with van der Waals surface area (Å²) < 4.78 is 6.15. The molecule has 116 valence electrons. The van der Waals surface area contributed by atoms with Crippen LogP contribution >= 0.6 is 34.4 Å². The predicted octanol–water partition coefficient (Wildman–Crippen LogP) is 3.65. The van der Waals surface area contributed by atoms with Gasteiger partial charge in [-0.2, -0.15) is 0 Å². The monoisotopic (exact) mass is 429 g/mol. The number of anilines is 2. The molecule has 7 heteroatoms. The molecule has 0 aliphatic heterocycles. The number of hydrogen-bond acceptors (Lipinski definition) is 6. The number of nitrogens with zero attached hydrogens (tertiary/aromatic N) is 2. The normalized spacial score (nSPS) is 10.3.